The van der Waals surface area contributed by atoms with Crippen molar-refractivity contribution in [3.63, 3.8) is 0 Å². The molecule has 1 aliphatic rings. The van der Waals surface area contributed by atoms with E-state index in [0.717, 1.165) is 38.1 Å². The molecular weight excluding hydrogens is 329 g/mol. The van der Waals surface area contributed by atoms with Crippen LogP contribution >= 0.6 is 24.0 Å². The number of ether oxygens (including phenoxy) is 1. The first-order valence-electron chi connectivity index (χ1n) is 6.32. The number of unbranched alkanes of at least 4 members (excludes halogenated alkanes) is 1. The number of hydrogen-bond acceptors (Lipinski definition) is 2. The van der Waals surface area contributed by atoms with Crippen LogP contribution in [0.15, 0.2) is 4.99 Å². The van der Waals surface area contributed by atoms with Crippen LogP contribution in [-0.4, -0.2) is 38.8 Å². The van der Waals surface area contributed by atoms with Crippen LogP contribution in [-0.2, 0) is 4.74 Å². The molecule has 0 aromatic rings. The van der Waals surface area contributed by atoms with Crippen LogP contribution in [0.25, 0.3) is 0 Å². The molecule has 0 aromatic heterocycles. The molecule has 2 unspecified atom stereocenters. The van der Waals surface area contributed by atoms with Crippen LogP contribution in [0.2, 0.25) is 0 Å². The van der Waals surface area contributed by atoms with Gasteiger partial charge in [-0.3, -0.25) is 4.99 Å². The van der Waals surface area contributed by atoms with Gasteiger partial charge >= 0.3 is 0 Å². The van der Waals surface area contributed by atoms with Crippen molar-refractivity contribution in [2.45, 2.75) is 39.2 Å². The molecule has 2 N–H and O–H groups in total. The molecule has 0 spiro atoms. The van der Waals surface area contributed by atoms with Gasteiger partial charge in [0.25, 0.3) is 0 Å². The molecule has 0 saturated heterocycles. The highest BCUT2D eigenvalue weighted by Crippen LogP contribution is 2.28. The highest BCUT2D eigenvalue weighted by atomic mass is 127. The summed E-state index contributed by atoms with van der Waals surface area (Å²) in [5, 5.41) is 6.63. The monoisotopic (exact) mass is 355 g/mol. The van der Waals surface area contributed by atoms with Gasteiger partial charge in [-0.05, 0) is 18.8 Å². The molecule has 0 bridgehead atoms. The summed E-state index contributed by atoms with van der Waals surface area (Å²) in [5.74, 6) is 1.69. The number of guanidine groups is 1. The lowest BCUT2D eigenvalue weighted by atomic mass is 10.4. The molecule has 0 aromatic carbocycles. The zero-order valence-corrected chi connectivity index (χ0v) is 13.5. The summed E-state index contributed by atoms with van der Waals surface area (Å²) in [7, 11) is 1.81. The van der Waals surface area contributed by atoms with E-state index >= 15 is 0 Å². The molecule has 5 heteroatoms. The molecule has 4 nitrogen and oxygen atoms in total. The van der Waals surface area contributed by atoms with Gasteiger partial charge in [-0.1, -0.05) is 20.3 Å². The number of aliphatic imine (C=N–C) groups is 1. The Morgan fingerprint density at radius 1 is 1.41 bits per heavy atom. The lowest BCUT2D eigenvalue weighted by Crippen LogP contribution is -2.40. The number of nitrogens with one attached hydrogen (secondary N) is 2. The molecule has 1 aliphatic carbocycles. The van der Waals surface area contributed by atoms with E-state index in [0.29, 0.717) is 6.04 Å². The van der Waals surface area contributed by atoms with E-state index in [1.807, 2.05) is 0 Å². The second-order valence-electron chi connectivity index (χ2n) is 4.43. The van der Waals surface area contributed by atoms with Crippen molar-refractivity contribution in [2.75, 3.05) is 26.8 Å². The van der Waals surface area contributed by atoms with E-state index < -0.39 is 0 Å². The van der Waals surface area contributed by atoms with Crippen LogP contribution in [0, 0.1) is 5.92 Å². The maximum atomic E-state index is 5.47. The first-order chi connectivity index (χ1) is 7.77. The first kappa shape index (κ1) is 17.0. The summed E-state index contributed by atoms with van der Waals surface area (Å²) in [6.07, 6.45) is 3.59. The number of rotatable bonds is 7. The molecule has 1 rings (SSSR count). The largest absolute Gasteiger partial charge is 0.380 e. The van der Waals surface area contributed by atoms with E-state index in [2.05, 4.69) is 29.5 Å². The standard InChI is InChI=1S/C12H25N3O.HI/c1-4-5-7-16-8-6-14-12(13-3)15-11-9-10(11)2;/h10-11H,4-9H2,1-3H3,(H2,13,14,15);1H. The fourth-order valence-electron chi connectivity index (χ4n) is 1.48. The Labute approximate surface area is 122 Å². The van der Waals surface area contributed by atoms with Crippen LogP contribution < -0.4 is 10.6 Å². The third-order valence-corrected chi connectivity index (χ3v) is 2.84. The molecule has 1 saturated carbocycles. The summed E-state index contributed by atoms with van der Waals surface area (Å²) < 4.78 is 5.47. The molecule has 0 aliphatic heterocycles. The predicted octanol–water partition coefficient (Wildman–Crippen LogP) is 1.99. The van der Waals surface area contributed by atoms with Gasteiger partial charge in [0.05, 0.1) is 6.61 Å². The van der Waals surface area contributed by atoms with E-state index in [9.17, 15) is 0 Å². The Hall–Kier alpha value is -0.0400. The second kappa shape index (κ2) is 9.94. The zero-order valence-electron chi connectivity index (χ0n) is 11.2. The van der Waals surface area contributed by atoms with Crippen molar-refractivity contribution in [2.24, 2.45) is 10.9 Å². The van der Waals surface area contributed by atoms with Crippen molar-refractivity contribution in [3.05, 3.63) is 0 Å². The highest BCUT2D eigenvalue weighted by molar-refractivity contribution is 14.0. The van der Waals surface area contributed by atoms with Crippen molar-refractivity contribution >= 4 is 29.9 Å². The van der Waals surface area contributed by atoms with E-state index in [4.69, 9.17) is 4.74 Å². The van der Waals surface area contributed by atoms with E-state index in [1.165, 1.54) is 12.8 Å². The first-order valence-corrected chi connectivity index (χ1v) is 6.32. The Kier molecular flexibility index (Phi) is 9.91. The van der Waals surface area contributed by atoms with Gasteiger partial charge in [0, 0.05) is 26.2 Å². The van der Waals surface area contributed by atoms with Gasteiger partial charge in [-0.2, -0.15) is 0 Å². The van der Waals surface area contributed by atoms with Crippen molar-refractivity contribution in [1.82, 2.24) is 10.6 Å². The summed E-state index contributed by atoms with van der Waals surface area (Å²) in [5.41, 5.74) is 0. The molecule has 17 heavy (non-hydrogen) atoms. The van der Waals surface area contributed by atoms with Crippen molar-refractivity contribution in [1.29, 1.82) is 0 Å². The lowest BCUT2D eigenvalue weighted by Gasteiger charge is -2.11. The zero-order chi connectivity index (χ0) is 11.8. The predicted molar refractivity (Wildman–Crippen MR) is 83.2 cm³/mol. The third-order valence-electron chi connectivity index (χ3n) is 2.84. The molecule has 0 radical (unpaired) electrons. The molecule has 0 heterocycles. The molecular formula is C12H26IN3O. The lowest BCUT2D eigenvalue weighted by molar-refractivity contribution is 0.136. The average molecular weight is 355 g/mol. The maximum Gasteiger partial charge on any atom is 0.191 e. The fourth-order valence-corrected chi connectivity index (χ4v) is 1.48. The highest BCUT2D eigenvalue weighted by Gasteiger charge is 2.32. The normalized spacial score (nSPS) is 22.9. The number of halogens is 1. The minimum atomic E-state index is 0. The Balaban J connectivity index is 0.00000256. The Morgan fingerprint density at radius 3 is 2.65 bits per heavy atom. The number of hydrogen-bond donors (Lipinski definition) is 2. The summed E-state index contributed by atoms with van der Waals surface area (Å²) >= 11 is 0. The maximum absolute atomic E-state index is 5.47. The topological polar surface area (TPSA) is 45.6 Å². The SMILES string of the molecule is CCCCOCCNC(=NC)NC1CC1C.I. The average Bonchev–Trinajstić information content (AvgIpc) is 2.97. The quantitative estimate of drug-likeness (QED) is 0.318. The van der Waals surface area contributed by atoms with Crippen LogP contribution in [0.5, 0.6) is 0 Å². The Bertz CT molecular complexity index is 224. The van der Waals surface area contributed by atoms with Gasteiger partial charge in [-0.15, -0.1) is 24.0 Å². The summed E-state index contributed by atoms with van der Waals surface area (Å²) in [6.45, 7) is 6.86. The fraction of sp³-hybridized carbons (Fsp3) is 0.917. The van der Waals surface area contributed by atoms with Gasteiger partial charge in [0.2, 0.25) is 0 Å². The second-order valence-corrected chi connectivity index (χ2v) is 4.43. The van der Waals surface area contributed by atoms with Gasteiger partial charge < -0.3 is 15.4 Å². The van der Waals surface area contributed by atoms with Crippen LogP contribution in [0.4, 0.5) is 0 Å². The van der Waals surface area contributed by atoms with Crippen molar-refractivity contribution in [3.8, 4) is 0 Å². The minimum absolute atomic E-state index is 0. The van der Waals surface area contributed by atoms with Crippen molar-refractivity contribution < 1.29 is 4.74 Å². The van der Waals surface area contributed by atoms with Crippen LogP contribution in [0.1, 0.15) is 33.1 Å². The van der Waals surface area contributed by atoms with E-state index in [-0.39, 0.29) is 24.0 Å². The molecule has 0 amide bonds. The minimum Gasteiger partial charge on any atom is -0.380 e. The van der Waals surface area contributed by atoms with Gasteiger partial charge in [-0.25, -0.2) is 0 Å². The molecule has 102 valence electrons. The van der Waals surface area contributed by atoms with Gasteiger partial charge in [0.15, 0.2) is 5.96 Å². The number of nitrogens with zero attached hydrogens (tertiary/aromatic N) is 1. The smallest absolute Gasteiger partial charge is 0.191 e. The molecule has 2 atom stereocenters. The summed E-state index contributed by atoms with van der Waals surface area (Å²) in [6, 6.07) is 0.618. The van der Waals surface area contributed by atoms with Gasteiger partial charge in [0.1, 0.15) is 0 Å². The third kappa shape index (κ3) is 7.81. The summed E-state index contributed by atoms with van der Waals surface area (Å²) in [4.78, 5) is 4.18. The Morgan fingerprint density at radius 2 is 2.12 bits per heavy atom. The molecule has 1 fully saturated rings. The van der Waals surface area contributed by atoms with Crippen LogP contribution in [0.3, 0.4) is 0 Å². The van der Waals surface area contributed by atoms with E-state index in [1.54, 1.807) is 7.05 Å².